The fourth-order valence-electron chi connectivity index (χ4n) is 3.87. The first-order chi connectivity index (χ1) is 10.7. The average molecular weight is 380 g/mol. The van der Waals surface area contributed by atoms with E-state index in [4.69, 9.17) is 0 Å². The van der Waals surface area contributed by atoms with Gasteiger partial charge in [0.25, 0.3) is 0 Å². The molecule has 1 saturated carbocycles. The number of halogens is 2. The molecule has 0 aromatic rings. The third kappa shape index (κ3) is 7.07. The molecule has 0 bridgehead atoms. The van der Waals surface area contributed by atoms with Gasteiger partial charge in [0.15, 0.2) is 0 Å². The van der Waals surface area contributed by atoms with Crippen molar-refractivity contribution in [2.24, 2.45) is 17.8 Å². The Morgan fingerprint density at radius 2 is 1.71 bits per heavy atom. The van der Waals surface area contributed by atoms with Crippen LogP contribution in [0.15, 0.2) is 0 Å². The highest BCUT2D eigenvalue weighted by atomic mass is 35.5. The van der Waals surface area contributed by atoms with E-state index in [0.29, 0.717) is 18.4 Å². The van der Waals surface area contributed by atoms with Gasteiger partial charge < -0.3 is 15.1 Å². The Hall–Kier alpha value is -0.0300. The number of likely N-dealkylation sites (tertiary alicyclic amines) is 2. The molecule has 0 aromatic heterocycles. The van der Waals surface area contributed by atoms with Crippen LogP contribution in [0.2, 0.25) is 0 Å². The molecule has 0 radical (unpaired) electrons. The summed E-state index contributed by atoms with van der Waals surface area (Å²) in [6.45, 7) is 9.62. The summed E-state index contributed by atoms with van der Waals surface area (Å²) in [4.78, 5) is 17.1. The summed E-state index contributed by atoms with van der Waals surface area (Å²) in [5, 5.41) is 3.34. The molecule has 1 N–H and O–H groups in total. The summed E-state index contributed by atoms with van der Waals surface area (Å²) >= 11 is 0. The maximum Gasteiger partial charge on any atom is 0.236 e. The van der Waals surface area contributed by atoms with E-state index in [2.05, 4.69) is 22.0 Å². The molecule has 4 nitrogen and oxygen atoms in total. The maximum atomic E-state index is 12.3. The van der Waals surface area contributed by atoms with E-state index in [1.54, 1.807) is 0 Å². The lowest BCUT2D eigenvalue weighted by Crippen LogP contribution is -2.47. The molecule has 3 rings (SSSR count). The van der Waals surface area contributed by atoms with Crippen molar-refractivity contribution in [2.45, 2.75) is 45.4 Å². The number of amides is 1. The van der Waals surface area contributed by atoms with Crippen molar-refractivity contribution in [1.82, 2.24) is 15.1 Å². The molecule has 1 aliphatic carbocycles. The van der Waals surface area contributed by atoms with Crippen molar-refractivity contribution in [3.8, 4) is 0 Å². The molecule has 2 saturated heterocycles. The van der Waals surface area contributed by atoms with Crippen molar-refractivity contribution in [3.05, 3.63) is 0 Å². The molecular weight excluding hydrogens is 345 g/mol. The predicted octanol–water partition coefficient (Wildman–Crippen LogP) is 2.80. The third-order valence-electron chi connectivity index (χ3n) is 5.67. The standard InChI is InChI=1S/C18H33N3O.2ClH/c1-15-6-9-20(10-7-15)13-17-3-2-8-21(14-17)18(22)12-19-11-16-4-5-16;;/h15-17,19H,2-14H2,1H3;2*1H. The fraction of sp³-hybridized carbons (Fsp3) is 0.944. The predicted molar refractivity (Wildman–Crippen MR) is 104 cm³/mol. The Morgan fingerprint density at radius 3 is 2.38 bits per heavy atom. The molecule has 3 fully saturated rings. The van der Waals surface area contributed by atoms with E-state index >= 15 is 0 Å². The first-order valence-electron chi connectivity index (χ1n) is 9.41. The second-order valence-corrected chi connectivity index (χ2v) is 7.91. The normalized spacial score (nSPS) is 25.7. The number of rotatable bonds is 6. The van der Waals surface area contributed by atoms with Crippen molar-refractivity contribution in [2.75, 3.05) is 45.8 Å². The first-order valence-corrected chi connectivity index (χ1v) is 9.41. The monoisotopic (exact) mass is 379 g/mol. The van der Waals surface area contributed by atoms with Gasteiger partial charge in [-0.25, -0.2) is 0 Å². The number of nitrogens with one attached hydrogen (secondary N) is 1. The van der Waals surface area contributed by atoms with Crippen molar-refractivity contribution < 1.29 is 4.79 Å². The maximum absolute atomic E-state index is 12.3. The van der Waals surface area contributed by atoms with Crippen molar-refractivity contribution in [1.29, 1.82) is 0 Å². The molecule has 2 heterocycles. The zero-order valence-corrected chi connectivity index (χ0v) is 16.7. The summed E-state index contributed by atoms with van der Waals surface area (Å²) in [7, 11) is 0. The van der Waals surface area contributed by atoms with E-state index in [9.17, 15) is 4.79 Å². The molecule has 1 atom stereocenters. The zero-order chi connectivity index (χ0) is 15.4. The van der Waals surface area contributed by atoms with Crippen LogP contribution in [-0.2, 0) is 4.79 Å². The molecule has 0 aromatic carbocycles. The van der Waals surface area contributed by atoms with E-state index < -0.39 is 0 Å². The number of piperidine rings is 2. The van der Waals surface area contributed by atoms with Crippen LogP contribution in [0.1, 0.15) is 45.4 Å². The van der Waals surface area contributed by atoms with Gasteiger partial charge in [-0.05, 0) is 75.9 Å². The van der Waals surface area contributed by atoms with Crippen LogP contribution in [0.3, 0.4) is 0 Å². The second kappa shape index (κ2) is 10.8. The summed E-state index contributed by atoms with van der Waals surface area (Å²) in [5.41, 5.74) is 0. The van der Waals surface area contributed by atoms with Crippen LogP contribution in [0.25, 0.3) is 0 Å². The Labute approximate surface area is 159 Å². The Bertz CT molecular complexity index is 371. The van der Waals surface area contributed by atoms with Gasteiger partial charge in [-0.15, -0.1) is 24.8 Å². The summed E-state index contributed by atoms with van der Waals surface area (Å²) in [6.07, 6.45) is 7.87. The quantitative estimate of drug-likeness (QED) is 0.770. The van der Waals surface area contributed by atoms with E-state index in [1.807, 2.05) is 0 Å². The number of hydrogen-bond donors (Lipinski definition) is 1. The molecular formula is C18H35Cl2N3O. The van der Waals surface area contributed by atoms with E-state index in [0.717, 1.165) is 31.5 Å². The molecule has 2 aliphatic heterocycles. The second-order valence-electron chi connectivity index (χ2n) is 7.91. The topological polar surface area (TPSA) is 35.6 Å². The van der Waals surface area contributed by atoms with Gasteiger partial charge in [-0.1, -0.05) is 6.92 Å². The summed E-state index contributed by atoms with van der Waals surface area (Å²) in [6, 6.07) is 0. The van der Waals surface area contributed by atoms with Gasteiger partial charge in [0, 0.05) is 19.6 Å². The lowest BCUT2D eigenvalue weighted by Gasteiger charge is -2.38. The molecule has 1 amide bonds. The average Bonchev–Trinajstić information content (AvgIpc) is 3.34. The van der Waals surface area contributed by atoms with E-state index in [-0.39, 0.29) is 24.8 Å². The highest BCUT2D eigenvalue weighted by molar-refractivity contribution is 5.85. The van der Waals surface area contributed by atoms with Crippen LogP contribution in [0.4, 0.5) is 0 Å². The Kier molecular flexibility index (Phi) is 9.95. The van der Waals surface area contributed by atoms with Crippen LogP contribution >= 0.6 is 24.8 Å². The summed E-state index contributed by atoms with van der Waals surface area (Å²) < 4.78 is 0. The zero-order valence-electron chi connectivity index (χ0n) is 15.0. The van der Waals surface area contributed by atoms with Crippen molar-refractivity contribution in [3.63, 3.8) is 0 Å². The molecule has 6 heteroatoms. The fourth-order valence-corrected chi connectivity index (χ4v) is 3.87. The van der Waals surface area contributed by atoms with Crippen molar-refractivity contribution >= 4 is 30.7 Å². The van der Waals surface area contributed by atoms with Gasteiger partial charge in [0.2, 0.25) is 5.91 Å². The minimum absolute atomic E-state index is 0. The van der Waals surface area contributed by atoms with E-state index in [1.165, 1.54) is 58.2 Å². The van der Waals surface area contributed by atoms with Crippen LogP contribution in [0.5, 0.6) is 0 Å². The van der Waals surface area contributed by atoms with Crippen LogP contribution in [0, 0.1) is 17.8 Å². The lowest BCUT2D eigenvalue weighted by atomic mass is 9.94. The molecule has 142 valence electrons. The van der Waals surface area contributed by atoms with Gasteiger partial charge >= 0.3 is 0 Å². The number of hydrogen-bond acceptors (Lipinski definition) is 3. The highest BCUT2D eigenvalue weighted by Crippen LogP contribution is 2.27. The SMILES string of the molecule is CC1CCN(CC2CCCN(C(=O)CNCC3CC3)C2)CC1.Cl.Cl. The summed E-state index contributed by atoms with van der Waals surface area (Å²) in [5.74, 6) is 2.76. The smallest absolute Gasteiger partial charge is 0.236 e. The van der Waals surface area contributed by atoms with Crippen LogP contribution < -0.4 is 5.32 Å². The van der Waals surface area contributed by atoms with Gasteiger partial charge in [-0.3, -0.25) is 4.79 Å². The van der Waals surface area contributed by atoms with Gasteiger partial charge in [0.05, 0.1) is 6.54 Å². The largest absolute Gasteiger partial charge is 0.341 e. The highest BCUT2D eigenvalue weighted by Gasteiger charge is 2.27. The third-order valence-corrected chi connectivity index (χ3v) is 5.67. The number of carbonyl (C=O) groups is 1. The number of carbonyl (C=O) groups excluding carboxylic acids is 1. The Morgan fingerprint density at radius 1 is 1.00 bits per heavy atom. The first kappa shape index (κ1) is 22.0. The molecule has 0 spiro atoms. The van der Waals surface area contributed by atoms with Gasteiger partial charge in [-0.2, -0.15) is 0 Å². The molecule has 3 aliphatic rings. The minimum atomic E-state index is 0. The van der Waals surface area contributed by atoms with Gasteiger partial charge in [0.1, 0.15) is 0 Å². The molecule has 24 heavy (non-hydrogen) atoms. The minimum Gasteiger partial charge on any atom is -0.341 e. The number of nitrogens with zero attached hydrogens (tertiary/aromatic N) is 2. The molecule has 1 unspecified atom stereocenters. The lowest BCUT2D eigenvalue weighted by molar-refractivity contribution is -0.132. The van der Waals surface area contributed by atoms with Crippen LogP contribution in [-0.4, -0.2) is 61.5 Å². The Balaban J connectivity index is 0.00000144.